The predicted molar refractivity (Wildman–Crippen MR) is 77.4 cm³/mol. The van der Waals surface area contributed by atoms with Gasteiger partial charge in [-0.3, -0.25) is 4.79 Å². The van der Waals surface area contributed by atoms with Crippen LogP contribution in [0.4, 0.5) is 0 Å². The molecule has 1 rings (SSSR count). The summed E-state index contributed by atoms with van der Waals surface area (Å²) in [6, 6.07) is 6.01. The van der Waals surface area contributed by atoms with Crippen molar-refractivity contribution in [2.24, 2.45) is 0 Å². The van der Waals surface area contributed by atoms with Crippen LogP contribution in [0.5, 0.6) is 5.75 Å². The van der Waals surface area contributed by atoms with Gasteiger partial charge in [-0.1, -0.05) is 44.7 Å². The van der Waals surface area contributed by atoms with Crippen LogP contribution in [0.25, 0.3) is 0 Å². The summed E-state index contributed by atoms with van der Waals surface area (Å²) in [4.78, 5) is 22.8. The molecule has 0 fully saturated rings. The topological polar surface area (TPSA) is 63.6 Å². The van der Waals surface area contributed by atoms with Crippen molar-refractivity contribution in [2.75, 3.05) is 0 Å². The van der Waals surface area contributed by atoms with Gasteiger partial charge in [0.25, 0.3) is 0 Å². The van der Waals surface area contributed by atoms with E-state index in [1.807, 2.05) is 0 Å². The standard InChI is InChI=1S/C15H19ClO4/c1-2-3-4-5-9-12(16)15(19)20-13-10-7-6-8-11(13)14(17)18/h6-8,10,12H,2-5,9H2,1H3,(H,17,18). The van der Waals surface area contributed by atoms with E-state index in [-0.39, 0.29) is 11.3 Å². The van der Waals surface area contributed by atoms with Crippen LogP contribution in [0.15, 0.2) is 24.3 Å². The van der Waals surface area contributed by atoms with Gasteiger partial charge in [-0.05, 0) is 18.6 Å². The summed E-state index contributed by atoms with van der Waals surface area (Å²) < 4.78 is 5.07. The summed E-state index contributed by atoms with van der Waals surface area (Å²) >= 11 is 5.97. The van der Waals surface area contributed by atoms with Gasteiger partial charge in [-0.15, -0.1) is 11.6 Å². The van der Waals surface area contributed by atoms with Crippen molar-refractivity contribution in [1.29, 1.82) is 0 Å². The largest absolute Gasteiger partial charge is 0.478 e. The van der Waals surface area contributed by atoms with E-state index in [9.17, 15) is 9.59 Å². The average molecular weight is 299 g/mol. The minimum Gasteiger partial charge on any atom is -0.478 e. The monoisotopic (exact) mass is 298 g/mol. The molecular formula is C15H19ClO4. The molecule has 1 N–H and O–H groups in total. The van der Waals surface area contributed by atoms with Crippen molar-refractivity contribution < 1.29 is 19.4 Å². The molecule has 5 heteroatoms. The Labute approximate surface area is 123 Å². The zero-order chi connectivity index (χ0) is 15.0. The Kier molecular flexibility index (Phi) is 7.09. The molecule has 0 bridgehead atoms. The lowest BCUT2D eigenvalue weighted by molar-refractivity contribution is -0.134. The highest BCUT2D eigenvalue weighted by Gasteiger charge is 2.20. The lowest BCUT2D eigenvalue weighted by atomic mass is 10.1. The van der Waals surface area contributed by atoms with E-state index in [0.717, 1.165) is 25.7 Å². The van der Waals surface area contributed by atoms with Gasteiger partial charge in [0.2, 0.25) is 0 Å². The molecule has 110 valence electrons. The Hall–Kier alpha value is -1.55. The average Bonchev–Trinajstić information content (AvgIpc) is 2.43. The van der Waals surface area contributed by atoms with Gasteiger partial charge in [0.1, 0.15) is 16.7 Å². The van der Waals surface area contributed by atoms with Gasteiger partial charge in [0.15, 0.2) is 0 Å². The number of aromatic carboxylic acids is 1. The third-order valence-electron chi connectivity index (χ3n) is 2.89. The molecule has 0 spiro atoms. The van der Waals surface area contributed by atoms with Crippen LogP contribution in [-0.2, 0) is 4.79 Å². The van der Waals surface area contributed by atoms with Crippen LogP contribution in [0, 0.1) is 0 Å². The maximum absolute atomic E-state index is 11.8. The Balaban J connectivity index is 2.55. The molecular weight excluding hydrogens is 280 g/mol. The highest BCUT2D eigenvalue weighted by atomic mass is 35.5. The molecule has 0 radical (unpaired) electrons. The predicted octanol–water partition coefficient (Wildman–Crippen LogP) is 3.87. The molecule has 1 aromatic carbocycles. The molecule has 4 nitrogen and oxygen atoms in total. The number of carboxylic acids is 1. The maximum atomic E-state index is 11.8. The first-order valence-electron chi connectivity index (χ1n) is 6.74. The van der Waals surface area contributed by atoms with E-state index in [1.165, 1.54) is 12.1 Å². The number of rotatable bonds is 8. The van der Waals surface area contributed by atoms with E-state index in [4.69, 9.17) is 21.4 Å². The normalized spacial score (nSPS) is 11.9. The number of alkyl halides is 1. The minimum absolute atomic E-state index is 0.0317. The number of carbonyl (C=O) groups excluding carboxylic acids is 1. The van der Waals surface area contributed by atoms with E-state index < -0.39 is 17.3 Å². The van der Waals surface area contributed by atoms with Crippen LogP contribution in [0.3, 0.4) is 0 Å². The van der Waals surface area contributed by atoms with Crippen molar-refractivity contribution in [2.45, 2.75) is 44.4 Å². The second-order valence-corrected chi connectivity index (χ2v) is 5.07. The number of para-hydroxylation sites is 1. The van der Waals surface area contributed by atoms with Crippen molar-refractivity contribution in [3.63, 3.8) is 0 Å². The van der Waals surface area contributed by atoms with Crippen LogP contribution in [0.2, 0.25) is 0 Å². The summed E-state index contributed by atoms with van der Waals surface area (Å²) in [7, 11) is 0. The fourth-order valence-corrected chi connectivity index (χ4v) is 1.97. The number of carbonyl (C=O) groups is 2. The van der Waals surface area contributed by atoms with E-state index in [2.05, 4.69) is 6.92 Å². The number of unbranched alkanes of at least 4 members (excludes halogenated alkanes) is 3. The first kappa shape index (κ1) is 16.5. The highest BCUT2D eigenvalue weighted by Crippen LogP contribution is 2.20. The zero-order valence-corrected chi connectivity index (χ0v) is 12.2. The molecule has 1 unspecified atom stereocenters. The number of halogens is 1. The Morgan fingerprint density at radius 3 is 2.60 bits per heavy atom. The Morgan fingerprint density at radius 2 is 1.95 bits per heavy atom. The van der Waals surface area contributed by atoms with Gasteiger partial charge in [0, 0.05) is 0 Å². The molecule has 0 aliphatic rings. The van der Waals surface area contributed by atoms with Gasteiger partial charge in [0.05, 0.1) is 0 Å². The third kappa shape index (κ3) is 5.21. The number of ether oxygens (including phenoxy) is 1. The summed E-state index contributed by atoms with van der Waals surface area (Å²) in [5, 5.41) is 8.25. The quantitative estimate of drug-likeness (QED) is 0.342. The van der Waals surface area contributed by atoms with Crippen LogP contribution >= 0.6 is 11.6 Å². The fourth-order valence-electron chi connectivity index (χ4n) is 1.77. The lowest BCUT2D eigenvalue weighted by Gasteiger charge is -2.11. The molecule has 20 heavy (non-hydrogen) atoms. The Morgan fingerprint density at radius 1 is 1.25 bits per heavy atom. The second kappa shape index (κ2) is 8.59. The van der Waals surface area contributed by atoms with Crippen molar-refractivity contribution in [1.82, 2.24) is 0 Å². The van der Waals surface area contributed by atoms with Crippen LogP contribution in [0.1, 0.15) is 49.4 Å². The lowest BCUT2D eigenvalue weighted by Crippen LogP contribution is -2.21. The third-order valence-corrected chi connectivity index (χ3v) is 3.29. The SMILES string of the molecule is CCCCCCC(Cl)C(=O)Oc1ccccc1C(=O)O. The summed E-state index contributed by atoms with van der Waals surface area (Å²) in [5.74, 6) is -1.71. The molecule has 0 heterocycles. The van der Waals surface area contributed by atoms with Crippen LogP contribution in [-0.4, -0.2) is 22.4 Å². The van der Waals surface area contributed by atoms with Gasteiger partial charge < -0.3 is 9.84 Å². The van der Waals surface area contributed by atoms with Gasteiger partial charge >= 0.3 is 11.9 Å². The summed E-state index contributed by atoms with van der Waals surface area (Å²) in [6.45, 7) is 2.11. The molecule has 0 saturated carbocycles. The van der Waals surface area contributed by atoms with Crippen LogP contribution < -0.4 is 4.74 Å². The maximum Gasteiger partial charge on any atom is 0.339 e. The van der Waals surface area contributed by atoms with Crippen molar-refractivity contribution >= 4 is 23.5 Å². The van der Waals surface area contributed by atoms with E-state index in [1.54, 1.807) is 12.1 Å². The summed E-state index contributed by atoms with van der Waals surface area (Å²) in [6.07, 6.45) is 4.65. The van der Waals surface area contributed by atoms with Crippen molar-refractivity contribution in [3.05, 3.63) is 29.8 Å². The molecule has 1 atom stereocenters. The van der Waals surface area contributed by atoms with Crippen molar-refractivity contribution in [3.8, 4) is 5.75 Å². The molecule has 0 amide bonds. The smallest absolute Gasteiger partial charge is 0.339 e. The Bertz CT molecular complexity index is 459. The first-order chi connectivity index (χ1) is 9.56. The number of benzene rings is 1. The minimum atomic E-state index is -1.14. The number of hydrogen-bond donors (Lipinski definition) is 1. The van der Waals surface area contributed by atoms with Gasteiger partial charge in [-0.25, -0.2) is 4.79 Å². The number of esters is 1. The van der Waals surface area contributed by atoms with Gasteiger partial charge in [-0.2, -0.15) is 0 Å². The first-order valence-corrected chi connectivity index (χ1v) is 7.18. The summed E-state index contributed by atoms with van der Waals surface area (Å²) in [5.41, 5.74) is -0.0456. The molecule has 0 saturated heterocycles. The van der Waals surface area contributed by atoms with E-state index in [0.29, 0.717) is 6.42 Å². The second-order valence-electron chi connectivity index (χ2n) is 4.54. The highest BCUT2D eigenvalue weighted by molar-refractivity contribution is 6.30. The molecule has 1 aromatic rings. The molecule has 0 aromatic heterocycles. The fraction of sp³-hybridized carbons (Fsp3) is 0.467. The van der Waals surface area contributed by atoms with E-state index >= 15 is 0 Å². The zero-order valence-electron chi connectivity index (χ0n) is 11.5. The molecule has 0 aliphatic heterocycles. The number of carboxylic acid groups (broad SMARTS) is 1. The number of hydrogen-bond acceptors (Lipinski definition) is 3. The molecule has 0 aliphatic carbocycles.